The molecule has 0 aliphatic carbocycles. The van der Waals surface area contributed by atoms with Crippen LogP contribution in [0.5, 0.6) is 0 Å². The molecular weight excluding hydrogens is 318 g/mol. The summed E-state index contributed by atoms with van der Waals surface area (Å²) in [6, 6.07) is 6.63. The molecule has 0 bridgehead atoms. The van der Waals surface area contributed by atoms with Crippen molar-refractivity contribution >= 4 is 17.5 Å². The van der Waals surface area contributed by atoms with Gasteiger partial charge in [0.15, 0.2) is 5.82 Å². The summed E-state index contributed by atoms with van der Waals surface area (Å²) >= 11 is 6.15. The van der Waals surface area contributed by atoms with Gasteiger partial charge in [0.1, 0.15) is 6.04 Å². The predicted octanol–water partition coefficient (Wildman–Crippen LogP) is 3.06. The third-order valence-corrected chi connectivity index (χ3v) is 4.07. The molecule has 23 heavy (non-hydrogen) atoms. The molecule has 1 aromatic carbocycles. The zero-order valence-corrected chi connectivity index (χ0v) is 13.8. The van der Waals surface area contributed by atoms with Gasteiger partial charge in [-0.15, -0.1) is 0 Å². The fourth-order valence-corrected chi connectivity index (χ4v) is 2.68. The summed E-state index contributed by atoms with van der Waals surface area (Å²) in [6.45, 7) is 5.22. The summed E-state index contributed by atoms with van der Waals surface area (Å²) in [7, 11) is 0. The highest BCUT2D eigenvalue weighted by atomic mass is 35.5. The van der Waals surface area contributed by atoms with Crippen LogP contribution in [0, 0.1) is 0 Å². The number of rotatable bonds is 3. The number of amides is 1. The lowest BCUT2D eigenvalue weighted by molar-refractivity contribution is -0.00576. The first-order valence-corrected chi connectivity index (χ1v) is 7.92. The van der Waals surface area contributed by atoms with Gasteiger partial charge in [-0.1, -0.05) is 42.7 Å². The standard InChI is InChI=1S/C16H18ClN3O3/c1-10(2)15-18-14(19-23-15)13-9-22-8-7-20(13)16(21)11-5-3-4-6-12(11)17/h3-6,10,13H,7-9H2,1-2H3/t13-/m0/s1. The van der Waals surface area contributed by atoms with Crippen molar-refractivity contribution in [2.45, 2.75) is 25.8 Å². The minimum absolute atomic E-state index is 0.133. The van der Waals surface area contributed by atoms with Gasteiger partial charge < -0.3 is 14.2 Å². The second-order valence-corrected chi connectivity index (χ2v) is 6.12. The van der Waals surface area contributed by atoms with Crippen LogP contribution in [0.25, 0.3) is 0 Å². The number of ether oxygens (including phenoxy) is 1. The highest BCUT2D eigenvalue weighted by Gasteiger charge is 2.33. The smallest absolute Gasteiger partial charge is 0.256 e. The lowest BCUT2D eigenvalue weighted by atomic mass is 10.1. The van der Waals surface area contributed by atoms with E-state index in [9.17, 15) is 4.79 Å². The minimum atomic E-state index is -0.372. The zero-order chi connectivity index (χ0) is 16.4. The van der Waals surface area contributed by atoms with E-state index in [2.05, 4.69) is 10.1 Å². The van der Waals surface area contributed by atoms with Crippen molar-refractivity contribution < 1.29 is 14.1 Å². The zero-order valence-electron chi connectivity index (χ0n) is 13.0. The average Bonchev–Trinajstić information content (AvgIpc) is 3.05. The fourth-order valence-electron chi connectivity index (χ4n) is 2.47. The first kappa shape index (κ1) is 16.0. The van der Waals surface area contributed by atoms with Crippen LogP contribution in [-0.2, 0) is 4.74 Å². The van der Waals surface area contributed by atoms with Crippen LogP contribution in [0.15, 0.2) is 28.8 Å². The van der Waals surface area contributed by atoms with Crippen LogP contribution in [0.2, 0.25) is 5.02 Å². The SMILES string of the molecule is CC(C)c1nc([C@@H]2COCCN2C(=O)c2ccccc2Cl)no1. The molecule has 1 saturated heterocycles. The summed E-state index contributed by atoms with van der Waals surface area (Å²) < 4.78 is 10.8. The summed E-state index contributed by atoms with van der Waals surface area (Å²) in [5.41, 5.74) is 0.466. The number of hydrogen-bond acceptors (Lipinski definition) is 5. The van der Waals surface area contributed by atoms with Gasteiger partial charge in [0.25, 0.3) is 5.91 Å². The second kappa shape index (κ2) is 6.68. The molecule has 3 rings (SSSR count). The molecule has 1 aliphatic rings. The molecule has 0 unspecified atom stereocenters. The molecule has 1 aliphatic heterocycles. The Kier molecular flexibility index (Phi) is 4.63. The predicted molar refractivity (Wildman–Crippen MR) is 84.4 cm³/mol. The Morgan fingerprint density at radius 3 is 2.87 bits per heavy atom. The van der Waals surface area contributed by atoms with Crippen molar-refractivity contribution in [1.29, 1.82) is 0 Å². The van der Waals surface area contributed by atoms with E-state index in [1.807, 2.05) is 13.8 Å². The van der Waals surface area contributed by atoms with Crippen LogP contribution < -0.4 is 0 Å². The Balaban J connectivity index is 1.89. The van der Waals surface area contributed by atoms with Crippen molar-refractivity contribution in [1.82, 2.24) is 15.0 Å². The van der Waals surface area contributed by atoms with Crippen LogP contribution in [-0.4, -0.2) is 40.7 Å². The normalized spacial score (nSPS) is 18.4. The fraction of sp³-hybridized carbons (Fsp3) is 0.438. The van der Waals surface area contributed by atoms with Gasteiger partial charge in [0.05, 0.1) is 23.8 Å². The maximum atomic E-state index is 12.8. The van der Waals surface area contributed by atoms with E-state index in [0.29, 0.717) is 42.1 Å². The largest absolute Gasteiger partial charge is 0.377 e. The molecule has 7 heteroatoms. The Labute approximate surface area is 139 Å². The quantitative estimate of drug-likeness (QED) is 0.862. The van der Waals surface area contributed by atoms with E-state index in [4.69, 9.17) is 20.9 Å². The van der Waals surface area contributed by atoms with Crippen molar-refractivity contribution in [2.75, 3.05) is 19.8 Å². The topological polar surface area (TPSA) is 68.5 Å². The maximum absolute atomic E-state index is 12.8. The molecule has 0 N–H and O–H groups in total. The molecule has 6 nitrogen and oxygen atoms in total. The Bertz CT molecular complexity index is 701. The number of benzene rings is 1. The molecule has 2 heterocycles. The molecule has 1 aromatic heterocycles. The van der Waals surface area contributed by atoms with Crippen molar-refractivity contribution in [3.05, 3.63) is 46.6 Å². The van der Waals surface area contributed by atoms with Gasteiger partial charge in [0, 0.05) is 12.5 Å². The minimum Gasteiger partial charge on any atom is -0.377 e. The molecule has 0 radical (unpaired) electrons. The third kappa shape index (κ3) is 3.23. The van der Waals surface area contributed by atoms with E-state index in [1.54, 1.807) is 29.2 Å². The number of carbonyl (C=O) groups is 1. The summed E-state index contributed by atoms with van der Waals surface area (Å²) in [6.07, 6.45) is 0. The van der Waals surface area contributed by atoms with Gasteiger partial charge in [-0.05, 0) is 12.1 Å². The second-order valence-electron chi connectivity index (χ2n) is 5.71. The van der Waals surface area contributed by atoms with Gasteiger partial charge in [-0.3, -0.25) is 4.79 Å². The average molecular weight is 336 g/mol. The van der Waals surface area contributed by atoms with Crippen molar-refractivity contribution in [3.63, 3.8) is 0 Å². The van der Waals surface area contributed by atoms with Crippen LogP contribution >= 0.6 is 11.6 Å². The summed E-state index contributed by atoms with van der Waals surface area (Å²) in [4.78, 5) is 18.9. The van der Waals surface area contributed by atoms with Crippen LogP contribution in [0.1, 0.15) is 47.9 Å². The van der Waals surface area contributed by atoms with Crippen LogP contribution in [0.3, 0.4) is 0 Å². The molecule has 1 amide bonds. The molecule has 1 atom stereocenters. The lowest BCUT2D eigenvalue weighted by Crippen LogP contribution is -2.44. The van der Waals surface area contributed by atoms with E-state index < -0.39 is 0 Å². The Morgan fingerprint density at radius 2 is 2.17 bits per heavy atom. The molecule has 0 spiro atoms. The van der Waals surface area contributed by atoms with E-state index in [0.717, 1.165) is 0 Å². The number of halogens is 1. The maximum Gasteiger partial charge on any atom is 0.256 e. The highest BCUT2D eigenvalue weighted by Crippen LogP contribution is 2.27. The molecule has 1 fully saturated rings. The lowest BCUT2D eigenvalue weighted by Gasteiger charge is -2.33. The van der Waals surface area contributed by atoms with Gasteiger partial charge in [0.2, 0.25) is 5.89 Å². The molecular formula is C16H18ClN3O3. The summed E-state index contributed by atoms with van der Waals surface area (Å²) in [5.74, 6) is 0.998. The van der Waals surface area contributed by atoms with E-state index >= 15 is 0 Å². The number of nitrogens with zero attached hydrogens (tertiary/aromatic N) is 3. The number of morpholine rings is 1. The van der Waals surface area contributed by atoms with Crippen LogP contribution in [0.4, 0.5) is 0 Å². The first-order chi connectivity index (χ1) is 11.1. The van der Waals surface area contributed by atoms with Gasteiger partial charge in [-0.25, -0.2) is 0 Å². The third-order valence-electron chi connectivity index (χ3n) is 3.74. The van der Waals surface area contributed by atoms with Crippen molar-refractivity contribution in [3.8, 4) is 0 Å². The van der Waals surface area contributed by atoms with E-state index in [1.165, 1.54) is 0 Å². The highest BCUT2D eigenvalue weighted by molar-refractivity contribution is 6.33. The molecule has 0 saturated carbocycles. The van der Waals surface area contributed by atoms with Gasteiger partial charge >= 0.3 is 0 Å². The van der Waals surface area contributed by atoms with Crippen molar-refractivity contribution in [2.24, 2.45) is 0 Å². The number of aromatic nitrogens is 2. The molecule has 2 aromatic rings. The Hall–Kier alpha value is -1.92. The van der Waals surface area contributed by atoms with Gasteiger partial charge in [-0.2, -0.15) is 4.98 Å². The number of carbonyl (C=O) groups excluding carboxylic acids is 1. The number of hydrogen-bond donors (Lipinski definition) is 0. The Morgan fingerprint density at radius 1 is 1.39 bits per heavy atom. The monoisotopic (exact) mass is 335 g/mol. The first-order valence-electron chi connectivity index (χ1n) is 7.54. The molecule has 122 valence electrons. The summed E-state index contributed by atoms with van der Waals surface area (Å²) in [5, 5.41) is 4.45. The van der Waals surface area contributed by atoms with E-state index in [-0.39, 0.29) is 17.9 Å².